The predicted octanol–water partition coefficient (Wildman–Crippen LogP) is 3.86. The SMILES string of the molecule is CCN(c1ccc(C(C)NC)c(Cl)c1)C(C)C. The van der Waals surface area contributed by atoms with E-state index in [0.717, 1.165) is 17.1 Å². The molecule has 2 nitrogen and oxygen atoms in total. The van der Waals surface area contributed by atoms with Crippen LogP contribution in [0.1, 0.15) is 39.3 Å². The molecular formula is C14H23ClN2. The minimum atomic E-state index is 0.283. The van der Waals surface area contributed by atoms with Gasteiger partial charge in [-0.25, -0.2) is 0 Å². The molecule has 3 heteroatoms. The summed E-state index contributed by atoms with van der Waals surface area (Å²) in [6.45, 7) is 9.66. The Morgan fingerprint density at radius 3 is 2.35 bits per heavy atom. The highest BCUT2D eigenvalue weighted by Gasteiger charge is 2.12. The van der Waals surface area contributed by atoms with E-state index in [4.69, 9.17) is 11.6 Å². The first kappa shape index (κ1) is 14.3. The Balaban J connectivity index is 3.03. The molecule has 17 heavy (non-hydrogen) atoms. The summed E-state index contributed by atoms with van der Waals surface area (Å²) in [6.07, 6.45) is 0. The Morgan fingerprint density at radius 1 is 1.29 bits per heavy atom. The van der Waals surface area contributed by atoms with Crippen molar-refractivity contribution in [2.45, 2.75) is 39.8 Å². The van der Waals surface area contributed by atoms with E-state index in [9.17, 15) is 0 Å². The molecule has 0 amide bonds. The van der Waals surface area contributed by atoms with Crippen molar-refractivity contribution in [2.75, 3.05) is 18.5 Å². The third-order valence-electron chi connectivity index (χ3n) is 3.18. The van der Waals surface area contributed by atoms with Crippen LogP contribution < -0.4 is 10.2 Å². The van der Waals surface area contributed by atoms with Gasteiger partial charge >= 0.3 is 0 Å². The van der Waals surface area contributed by atoms with Gasteiger partial charge in [-0.15, -0.1) is 0 Å². The van der Waals surface area contributed by atoms with Gasteiger partial charge in [0.1, 0.15) is 0 Å². The van der Waals surface area contributed by atoms with E-state index in [1.165, 1.54) is 5.69 Å². The molecule has 0 aliphatic carbocycles. The lowest BCUT2D eigenvalue weighted by molar-refractivity contribution is 0.651. The topological polar surface area (TPSA) is 15.3 Å². The molecule has 96 valence electrons. The minimum absolute atomic E-state index is 0.283. The Labute approximate surface area is 110 Å². The number of hydrogen-bond donors (Lipinski definition) is 1. The maximum absolute atomic E-state index is 6.34. The fourth-order valence-corrected chi connectivity index (χ4v) is 2.39. The fraction of sp³-hybridized carbons (Fsp3) is 0.571. The maximum atomic E-state index is 6.34. The Morgan fingerprint density at radius 2 is 1.94 bits per heavy atom. The second-order valence-corrected chi connectivity index (χ2v) is 5.00. The van der Waals surface area contributed by atoms with Gasteiger partial charge < -0.3 is 10.2 Å². The van der Waals surface area contributed by atoms with Gasteiger partial charge in [-0.05, 0) is 52.4 Å². The number of hydrogen-bond acceptors (Lipinski definition) is 2. The quantitative estimate of drug-likeness (QED) is 0.859. The molecule has 0 saturated heterocycles. The van der Waals surface area contributed by atoms with Crippen LogP contribution in [0.4, 0.5) is 5.69 Å². The van der Waals surface area contributed by atoms with Gasteiger partial charge in [0.15, 0.2) is 0 Å². The molecule has 1 unspecified atom stereocenters. The molecule has 0 radical (unpaired) electrons. The molecule has 0 aromatic heterocycles. The lowest BCUT2D eigenvalue weighted by Gasteiger charge is -2.28. The lowest BCUT2D eigenvalue weighted by atomic mass is 10.1. The van der Waals surface area contributed by atoms with E-state index in [0.29, 0.717) is 6.04 Å². The smallest absolute Gasteiger partial charge is 0.0474 e. The van der Waals surface area contributed by atoms with Crippen LogP contribution >= 0.6 is 11.6 Å². The molecule has 0 aliphatic heterocycles. The molecule has 0 fully saturated rings. The van der Waals surface area contributed by atoms with E-state index in [1.807, 2.05) is 7.05 Å². The molecule has 1 N–H and O–H groups in total. The Hall–Kier alpha value is -0.730. The van der Waals surface area contributed by atoms with Crippen LogP contribution in [-0.2, 0) is 0 Å². The average Bonchev–Trinajstić information content (AvgIpc) is 2.28. The number of rotatable bonds is 5. The first-order valence-corrected chi connectivity index (χ1v) is 6.62. The molecular weight excluding hydrogens is 232 g/mol. The third kappa shape index (κ3) is 3.36. The highest BCUT2D eigenvalue weighted by molar-refractivity contribution is 6.31. The van der Waals surface area contributed by atoms with Crippen LogP contribution in [0.15, 0.2) is 18.2 Å². The molecule has 0 heterocycles. The highest BCUT2D eigenvalue weighted by Crippen LogP contribution is 2.28. The monoisotopic (exact) mass is 254 g/mol. The average molecular weight is 255 g/mol. The molecule has 0 bridgehead atoms. The molecule has 1 atom stereocenters. The van der Waals surface area contributed by atoms with Crippen LogP contribution in [0.5, 0.6) is 0 Å². The Kier molecular flexibility index (Phi) is 5.29. The van der Waals surface area contributed by atoms with Crippen LogP contribution in [0, 0.1) is 0 Å². The molecule has 0 aliphatic rings. The Bertz CT molecular complexity index is 363. The van der Waals surface area contributed by atoms with E-state index in [2.05, 4.69) is 56.1 Å². The number of nitrogens with zero attached hydrogens (tertiary/aromatic N) is 1. The zero-order valence-electron chi connectivity index (χ0n) is 11.4. The number of anilines is 1. The minimum Gasteiger partial charge on any atom is -0.369 e. The lowest BCUT2D eigenvalue weighted by Crippen LogP contribution is -2.30. The normalized spacial score (nSPS) is 12.9. The van der Waals surface area contributed by atoms with Crippen molar-refractivity contribution in [2.24, 2.45) is 0 Å². The first-order chi connectivity index (χ1) is 8.01. The second-order valence-electron chi connectivity index (χ2n) is 4.60. The zero-order chi connectivity index (χ0) is 13.0. The van der Waals surface area contributed by atoms with Crippen molar-refractivity contribution >= 4 is 17.3 Å². The predicted molar refractivity (Wildman–Crippen MR) is 77.1 cm³/mol. The first-order valence-electron chi connectivity index (χ1n) is 6.24. The van der Waals surface area contributed by atoms with E-state index < -0.39 is 0 Å². The van der Waals surface area contributed by atoms with Gasteiger partial charge in [0.2, 0.25) is 0 Å². The van der Waals surface area contributed by atoms with Gasteiger partial charge in [0, 0.05) is 29.3 Å². The van der Waals surface area contributed by atoms with Crippen LogP contribution in [-0.4, -0.2) is 19.6 Å². The number of nitrogens with one attached hydrogen (secondary N) is 1. The molecule has 0 spiro atoms. The largest absolute Gasteiger partial charge is 0.369 e. The fourth-order valence-electron chi connectivity index (χ4n) is 2.05. The van der Waals surface area contributed by atoms with Crippen molar-refractivity contribution in [3.63, 3.8) is 0 Å². The van der Waals surface area contributed by atoms with E-state index in [-0.39, 0.29) is 6.04 Å². The van der Waals surface area contributed by atoms with Gasteiger partial charge in [0.25, 0.3) is 0 Å². The highest BCUT2D eigenvalue weighted by atomic mass is 35.5. The van der Waals surface area contributed by atoms with Gasteiger partial charge in [-0.3, -0.25) is 0 Å². The summed E-state index contributed by atoms with van der Waals surface area (Å²) in [7, 11) is 1.95. The number of halogens is 1. The van der Waals surface area contributed by atoms with Crippen molar-refractivity contribution in [1.82, 2.24) is 5.32 Å². The molecule has 1 aromatic carbocycles. The van der Waals surface area contributed by atoms with E-state index >= 15 is 0 Å². The van der Waals surface area contributed by atoms with Gasteiger partial charge in [0.05, 0.1) is 0 Å². The van der Waals surface area contributed by atoms with Gasteiger partial charge in [-0.1, -0.05) is 17.7 Å². The molecule has 1 aromatic rings. The summed E-state index contributed by atoms with van der Waals surface area (Å²) in [4.78, 5) is 2.33. The molecule has 1 rings (SSSR count). The standard InChI is InChI=1S/C14H23ClN2/c1-6-17(10(2)3)12-7-8-13(11(4)16-5)14(15)9-12/h7-11,16H,6H2,1-5H3. The summed E-state index contributed by atoms with van der Waals surface area (Å²) in [5.41, 5.74) is 2.34. The van der Waals surface area contributed by atoms with Crippen LogP contribution in [0.2, 0.25) is 5.02 Å². The summed E-state index contributed by atoms with van der Waals surface area (Å²) < 4.78 is 0. The second kappa shape index (κ2) is 6.27. The number of benzene rings is 1. The van der Waals surface area contributed by atoms with Crippen LogP contribution in [0.25, 0.3) is 0 Å². The summed E-state index contributed by atoms with van der Waals surface area (Å²) in [5.74, 6) is 0. The third-order valence-corrected chi connectivity index (χ3v) is 3.51. The molecule has 0 saturated carbocycles. The van der Waals surface area contributed by atoms with Crippen molar-refractivity contribution in [3.8, 4) is 0 Å². The van der Waals surface area contributed by atoms with E-state index in [1.54, 1.807) is 0 Å². The van der Waals surface area contributed by atoms with Gasteiger partial charge in [-0.2, -0.15) is 0 Å². The van der Waals surface area contributed by atoms with Crippen LogP contribution in [0.3, 0.4) is 0 Å². The maximum Gasteiger partial charge on any atom is 0.0474 e. The summed E-state index contributed by atoms with van der Waals surface area (Å²) in [6, 6.07) is 7.10. The van der Waals surface area contributed by atoms with Crippen molar-refractivity contribution < 1.29 is 0 Å². The summed E-state index contributed by atoms with van der Waals surface area (Å²) >= 11 is 6.34. The van der Waals surface area contributed by atoms with Crippen molar-refractivity contribution in [1.29, 1.82) is 0 Å². The zero-order valence-corrected chi connectivity index (χ0v) is 12.2. The van der Waals surface area contributed by atoms with Crippen molar-refractivity contribution in [3.05, 3.63) is 28.8 Å². The summed E-state index contributed by atoms with van der Waals surface area (Å²) in [5, 5.41) is 4.05.